The van der Waals surface area contributed by atoms with E-state index < -0.39 is 0 Å². The summed E-state index contributed by atoms with van der Waals surface area (Å²) >= 11 is 0. The molecule has 1 N–H and O–H groups in total. The number of hydrogen-bond donors (Lipinski definition) is 1. The molecule has 0 radical (unpaired) electrons. The molecule has 3 aromatic rings. The number of hydrogen-bond acceptors (Lipinski definition) is 4. The monoisotopic (exact) mass is 335 g/mol. The molecule has 6 heteroatoms. The zero-order chi connectivity index (χ0) is 17.4. The summed E-state index contributed by atoms with van der Waals surface area (Å²) in [5.74, 6) is 0.926. The van der Waals surface area contributed by atoms with Gasteiger partial charge < -0.3 is 10.2 Å². The van der Waals surface area contributed by atoms with E-state index in [1.54, 1.807) is 10.7 Å². The van der Waals surface area contributed by atoms with Crippen molar-refractivity contribution in [2.24, 2.45) is 0 Å². The molecule has 1 unspecified atom stereocenters. The molecule has 0 spiro atoms. The second kappa shape index (κ2) is 6.20. The largest absolute Gasteiger partial charge is 0.364 e. The Morgan fingerprint density at radius 3 is 2.80 bits per heavy atom. The molecule has 25 heavy (non-hydrogen) atoms. The lowest BCUT2D eigenvalue weighted by Crippen LogP contribution is -2.32. The van der Waals surface area contributed by atoms with Crippen LogP contribution in [0.1, 0.15) is 27.9 Å². The Labute approximate surface area is 146 Å². The van der Waals surface area contributed by atoms with Gasteiger partial charge in [0.15, 0.2) is 5.65 Å². The Morgan fingerprint density at radius 2 is 2.00 bits per heavy atom. The molecule has 2 aromatic heterocycles. The van der Waals surface area contributed by atoms with Gasteiger partial charge in [0.05, 0.1) is 0 Å². The molecule has 128 valence electrons. The number of likely N-dealkylation sites (tertiary alicyclic amines) is 1. The number of aromatic nitrogens is 3. The van der Waals surface area contributed by atoms with E-state index in [0.717, 1.165) is 41.1 Å². The van der Waals surface area contributed by atoms with E-state index >= 15 is 0 Å². The molecule has 1 aliphatic heterocycles. The lowest BCUT2D eigenvalue weighted by molar-refractivity contribution is 0.0790. The van der Waals surface area contributed by atoms with Gasteiger partial charge >= 0.3 is 0 Å². The summed E-state index contributed by atoms with van der Waals surface area (Å²) in [7, 11) is 0. The van der Waals surface area contributed by atoms with Crippen LogP contribution in [0.4, 0.5) is 5.82 Å². The number of nitrogens with zero attached hydrogens (tertiary/aromatic N) is 4. The standard InChI is InChI=1S/C19H21N5O/c1-13-4-3-5-14(2)18(13)19(25)23-10-8-15(12-23)21-16-6-7-17-20-9-11-24(17)22-16/h3-7,9,11,15H,8,10,12H2,1-2H3,(H,21,22). The van der Waals surface area contributed by atoms with E-state index in [9.17, 15) is 4.79 Å². The number of imidazole rings is 1. The maximum absolute atomic E-state index is 12.9. The first kappa shape index (κ1) is 15.6. The highest BCUT2D eigenvalue weighted by Gasteiger charge is 2.28. The molecule has 0 bridgehead atoms. The number of benzene rings is 1. The van der Waals surface area contributed by atoms with E-state index in [2.05, 4.69) is 15.4 Å². The van der Waals surface area contributed by atoms with Gasteiger partial charge in [-0.15, -0.1) is 5.10 Å². The van der Waals surface area contributed by atoms with Crippen molar-refractivity contribution in [3.8, 4) is 0 Å². The van der Waals surface area contributed by atoms with Crippen molar-refractivity contribution >= 4 is 17.4 Å². The quantitative estimate of drug-likeness (QED) is 0.799. The molecular weight excluding hydrogens is 314 g/mol. The van der Waals surface area contributed by atoms with Crippen molar-refractivity contribution in [1.29, 1.82) is 0 Å². The van der Waals surface area contributed by atoms with E-state index in [1.807, 2.05) is 55.3 Å². The molecule has 1 saturated heterocycles. The zero-order valence-electron chi connectivity index (χ0n) is 14.4. The van der Waals surface area contributed by atoms with E-state index in [0.29, 0.717) is 6.54 Å². The van der Waals surface area contributed by atoms with Crippen LogP contribution >= 0.6 is 0 Å². The van der Waals surface area contributed by atoms with E-state index in [1.165, 1.54) is 0 Å². The number of carbonyl (C=O) groups excluding carboxylic acids is 1. The van der Waals surface area contributed by atoms with Crippen LogP contribution in [0.3, 0.4) is 0 Å². The van der Waals surface area contributed by atoms with Gasteiger partial charge in [-0.1, -0.05) is 18.2 Å². The Kier molecular flexibility index (Phi) is 3.87. The van der Waals surface area contributed by atoms with E-state index in [4.69, 9.17) is 0 Å². The first-order valence-corrected chi connectivity index (χ1v) is 8.54. The Morgan fingerprint density at radius 1 is 1.20 bits per heavy atom. The number of amides is 1. The fourth-order valence-corrected chi connectivity index (χ4v) is 3.47. The summed E-state index contributed by atoms with van der Waals surface area (Å²) in [6.07, 6.45) is 4.47. The Balaban J connectivity index is 1.46. The van der Waals surface area contributed by atoms with Gasteiger partial charge in [0.25, 0.3) is 5.91 Å². The maximum atomic E-state index is 12.9. The summed E-state index contributed by atoms with van der Waals surface area (Å²) in [6, 6.07) is 10.1. The average molecular weight is 335 g/mol. The van der Waals surface area contributed by atoms with Crippen LogP contribution in [-0.2, 0) is 0 Å². The smallest absolute Gasteiger partial charge is 0.254 e. The van der Waals surface area contributed by atoms with Crippen molar-refractivity contribution in [1.82, 2.24) is 19.5 Å². The second-order valence-corrected chi connectivity index (χ2v) is 6.60. The molecule has 1 atom stereocenters. The minimum absolute atomic E-state index is 0.123. The van der Waals surface area contributed by atoms with Crippen LogP contribution in [0.15, 0.2) is 42.7 Å². The minimum Gasteiger partial charge on any atom is -0.364 e. The number of carbonyl (C=O) groups is 1. The summed E-state index contributed by atoms with van der Waals surface area (Å²) in [5, 5.41) is 7.93. The SMILES string of the molecule is Cc1cccc(C)c1C(=O)N1CCC(Nc2ccc3nccn3n2)C1. The summed E-state index contributed by atoms with van der Waals surface area (Å²) in [5.41, 5.74) is 3.73. The van der Waals surface area contributed by atoms with Gasteiger partial charge in [-0.25, -0.2) is 9.50 Å². The maximum Gasteiger partial charge on any atom is 0.254 e. The van der Waals surface area contributed by atoms with Gasteiger partial charge in [-0.3, -0.25) is 4.79 Å². The Hall–Kier alpha value is -2.89. The predicted molar refractivity (Wildman–Crippen MR) is 96.8 cm³/mol. The topological polar surface area (TPSA) is 62.5 Å². The van der Waals surface area contributed by atoms with Gasteiger partial charge in [0, 0.05) is 37.1 Å². The van der Waals surface area contributed by atoms with Gasteiger partial charge in [0.2, 0.25) is 0 Å². The number of rotatable bonds is 3. The molecule has 1 aliphatic rings. The molecule has 1 fully saturated rings. The molecule has 0 aliphatic carbocycles. The number of anilines is 1. The van der Waals surface area contributed by atoms with Crippen LogP contribution in [0.2, 0.25) is 0 Å². The minimum atomic E-state index is 0.123. The summed E-state index contributed by atoms with van der Waals surface area (Å²) < 4.78 is 1.75. The third-order valence-electron chi connectivity index (χ3n) is 4.78. The van der Waals surface area contributed by atoms with Crippen molar-refractivity contribution < 1.29 is 4.79 Å². The number of fused-ring (bicyclic) bond motifs is 1. The molecule has 0 saturated carbocycles. The third-order valence-corrected chi connectivity index (χ3v) is 4.78. The predicted octanol–water partition coefficient (Wildman–Crippen LogP) is 2.67. The zero-order valence-corrected chi connectivity index (χ0v) is 14.4. The highest BCUT2D eigenvalue weighted by molar-refractivity contribution is 5.97. The fraction of sp³-hybridized carbons (Fsp3) is 0.316. The van der Waals surface area contributed by atoms with Crippen LogP contribution < -0.4 is 5.32 Å². The highest BCUT2D eigenvalue weighted by Crippen LogP contribution is 2.21. The van der Waals surface area contributed by atoms with E-state index in [-0.39, 0.29) is 11.9 Å². The first-order valence-electron chi connectivity index (χ1n) is 8.54. The number of nitrogens with one attached hydrogen (secondary N) is 1. The summed E-state index contributed by atoms with van der Waals surface area (Å²) in [6.45, 7) is 5.44. The fourth-order valence-electron chi connectivity index (χ4n) is 3.47. The number of aryl methyl sites for hydroxylation is 2. The van der Waals surface area contributed by atoms with Crippen LogP contribution in [0.25, 0.3) is 5.65 Å². The Bertz CT molecular complexity index is 912. The highest BCUT2D eigenvalue weighted by atomic mass is 16.2. The van der Waals surface area contributed by atoms with Gasteiger partial charge in [0.1, 0.15) is 5.82 Å². The van der Waals surface area contributed by atoms with Crippen LogP contribution in [-0.4, -0.2) is 44.5 Å². The third kappa shape index (κ3) is 2.95. The molecule has 1 aromatic carbocycles. The van der Waals surface area contributed by atoms with Crippen LogP contribution in [0, 0.1) is 13.8 Å². The van der Waals surface area contributed by atoms with Crippen molar-refractivity contribution in [2.45, 2.75) is 26.3 Å². The molecular formula is C19H21N5O. The van der Waals surface area contributed by atoms with Crippen molar-refractivity contribution in [3.05, 3.63) is 59.4 Å². The second-order valence-electron chi connectivity index (χ2n) is 6.60. The van der Waals surface area contributed by atoms with Crippen LogP contribution in [0.5, 0.6) is 0 Å². The summed E-state index contributed by atoms with van der Waals surface area (Å²) in [4.78, 5) is 19.0. The average Bonchev–Trinajstić information content (AvgIpc) is 3.23. The first-order chi connectivity index (χ1) is 12.1. The molecule has 4 rings (SSSR count). The normalized spacial score (nSPS) is 17.2. The molecule has 3 heterocycles. The lowest BCUT2D eigenvalue weighted by Gasteiger charge is -2.19. The van der Waals surface area contributed by atoms with Crippen molar-refractivity contribution in [2.75, 3.05) is 18.4 Å². The molecule has 6 nitrogen and oxygen atoms in total. The lowest BCUT2D eigenvalue weighted by atomic mass is 10.0. The van der Waals surface area contributed by atoms with Gasteiger partial charge in [-0.05, 0) is 43.5 Å². The molecule has 1 amide bonds. The van der Waals surface area contributed by atoms with Crippen molar-refractivity contribution in [3.63, 3.8) is 0 Å². The van der Waals surface area contributed by atoms with Gasteiger partial charge in [-0.2, -0.15) is 0 Å².